The van der Waals surface area contributed by atoms with Crippen LogP contribution in [0.2, 0.25) is 0 Å². The van der Waals surface area contributed by atoms with Crippen LogP contribution in [0.5, 0.6) is 0 Å². The molecule has 0 heterocycles. The lowest BCUT2D eigenvalue weighted by Crippen LogP contribution is -2.49. The summed E-state index contributed by atoms with van der Waals surface area (Å²) in [7, 11) is 11.2. The highest BCUT2D eigenvalue weighted by atomic mass is 16.5. The van der Waals surface area contributed by atoms with Crippen molar-refractivity contribution in [1.82, 2.24) is 0 Å². The van der Waals surface area contributed by atoms with Crippen molar-refractivity contribution < 1.29 is 27.9 Å². The van der Waals surface area contributed by atoms with E-state index in [2.05, 4.69) is 73.4 Å². The van der Waals surface area contributed by atoms with Crippen molar-refractivity contribution in [3.63, 3.8) is 0 Å². The summed E-state index contributed by atoms with van der Waals surface area (Å²) in [5.41, 5.74) is 0. The first kappa shape index (κ1) is 55.2. The Kier molecular flexibility index (Phi) is 41.8. The summed E-state index contributed by atoms with van der Waals surface area (Å²) in [5.74, 6) is 0. The third-order valence-corrected chi connectivity index (χ3v) is 10.9. The highest BCUT2D eigenvalue weighted by Gasteiger charge is 2.23. The smallest absolute Gasteiger partial charge is 0.130 e. The minimum atomic E-state index is 0.126. The molecule has 6 nitrogen and oxygen atoms in total. The van der Waals surface area contributed by atoms with E-state index in [4.69, 9.17) is 18.9 Å². The van der Waals surface area contributed by atoms with E-state index in [0.29, 0.717) is 19.8 Å². The molecule has 0 amide bonds. The van der Waals surface area contributed by atoms with Gasteiger partial charge in [0.1, 0.15) is 25.7 Å². The molecule has 1 unspecified atom stereocenters. The van der Waals surface area contributed by atoms with Gasteiger partial charge in [0.05, 0.1) is 68.3 Å². The summed E-state index contributed by atoms with van der Waals surface area (Å²) < 4.78 is 26.3. The van der Waals surface area contributed by atoms with Gasteiger partial charge in [-0.15, -0.1) is 0 Å². The molecule has 0 bridgehead atoms. The number of ether oxygens (including phenoxy) is 4. The quantitative estimate of drug-likeness (QED) is 0.0349. The van der Waals surface area contributed by atoms with Crippen LogP contribution in [-0.2, 0) is 18.9 Å². The van der Waals surface area contributed by atoms with Crippen LogP contribution in [0, 0.1) is 0 Å². The number of allylic oxidation sites excluding steroid dienone is 4. The average molecular weight is 795 g/mol. The zero-order valence-corrected chi connectivity index (χ0v) is 39.3. The molecule has 1 atom stereocenters. The van der Waals surface area contributed by atoms with E-state index in [1.54, 1.807) is 0 Å². The van der Waals surface area contributed by atoms with Gasteiger partial charge in [0.15, 0.2) is 0 Å². The van der Waals surface area contributed by atoms with Crippen molar-refractivity contribution in [2.45, 2.75) is 200 Å². The fourth-order valence-electron chi connectivity index (χ4n) is 7.03. The summed E-state index contributed by atoms with van der Waals surface area (Å²) in [6, 6.07) is 0. The van der Waals surface area contributed by atoms with Crippen molar-refractivity contribution in [1.29, 1.82) is 0 Å². The van der Waals surface area contributed by atoms with Gasteiger partial charge in [0, 0.05) is 13.2 Å². The molecule has 0 N–H and O–H groups in total. The van der Waals surface area contributed by atoms with E-state index < -0.39 is 0 Å². The van der Waals surface area contributed by atoms with Crippen molar-refractivity contribution in [3.8, 4) is 0 Å². The minimum absolute atomic E-state index is 0.126. The van der Waals surface area contributed by atoms with Gasteiger partial charge in [-0.3, -0.25) is 0 Å². The highest BCUT2D eigenvalue weighted by molar-refractivity contribution is 4.82. The normalized spacial score (nSPS) is 13.2. The molecule has 0 aliphatic rings. The molecule has 0 rings (SSSR count). The van der Waals surface area contributed by atoms with Gasteiger partial charge in [-0.25, -0.2) is 0 Å². The maximum atomic E-state index is 6.51. The Labute approximate surface area is 352 Å². The van der Waals surface area contributed by atoms with Crippen LogP contribution in [0.3, 0.4) is 0 Å². The highest BCUT2D eigenvalue weighted by Crippen LogP contribution is 2.13. The van der Waals surface area contributed by atoms with Gasteiger partial charge >= 0.3 is 0 Å². The number of likely N-dealkylation sites (N-methyl/N-ethyl adjacent to an activating group) is 2. The van der Waals surface area contributed by atoms with Crippen LogP contribution in [0.15, 0.2) is 24.3 Å². The van der Waals surface area contributed by atoms with E-state index >= 15 is 0 Å². The monoisotopic (exact) mass is 795 g/mol. The molecule has 0 aromatic carbocycles. The van der Waals surface area contributed by atoms with Crippen LogP contribution in [0.4, 0.5) is 0 Å². The van der Waals surface area contributed by atoms with Crippen molar-refractivity contribution in [2.75, 3.05) is 101 Å². The molecule has 0 radical (unpaired) electrons. The molecule has 0 saturated heterocycles. The number of nitrogens with zero attached hydrogens (tertiary/aromatic N) is 2. The van der Waals surface area contributed by atoms with Crippen LogP contribution >= 0.6 is 0 Å². The molecule has 0 fully saturated rings. The van der Waals surface area contributed by atoms with Gasteiger partial charge in [0.2, 0.25) is 0 Å². The second-order valence-corrected chi connectivity index (χ2v) is 18.5. The van der Waals surface area contributed by atoms with Crippen LogP contribution in [-0.4, -0.2) is 116 Å². The van der Waals surface area contributed by atoms with Crippen LogP contribution in [0.1, 0.15) is 194 Å². The van der Waals surface area contributed by atoms with E-state index in [1.165, 1.54) is 167 Å². The van der Waals surface area contributed by atoms with E-state index in [1.807, 2.05) is 0 Å². The topological polar surface area (TPSA) is 36.9 Å². The van der Waals surface area contributed by atoms with Crippen molar-refractivity contribution >= 4 is 0 Å². The standard InChI is InChI=1S/C50H102N2O4/c1-8-10-12-14-16-18-20-22-24-26-28-30-32-34-36-38-42-55-49-50(48-52(6,7)41-45-54-47-46-53-44-40-51(3,4)5)56-43-39-37-35-33-31-29-27-25-23-21-19-17-15-13-11-9-2/h22-25,50H,8-21,26-49H2,1-7H3/q+2/b24-22-,25-23-. The number of hydrogen-bond acceptors (Lipinski definition) is 4. The molecule has 0 aliphatic carbocycles. The lowest BCUT2D eigenvalue weighted by molar-refractivity contribution is -0.894. The second-order valence-electron chi connectivity index (χ2n) is 18.5. The summed E-state index contributed by atoms with van der Waals surface area (Å²) in [4.78, 5) is 0. The Morgan fingerprint density at radius 2 is 0.750 bits per heavy atom. The predicted octanol–water partition coefficient (Wildman–Crippen LogP) is 13.3. The molecule has 0 saturated carbocycles. The SMILES string of the molecule is CCCCCCCC/C=C\CCCCCCCCOCC(C[N+](C)(C)CCOCCOCC[N+](C)(C)C)OCCCCCCCC/C=C\CCCCCCCC. The van der Waals surface area contributed by atoms with Gasteiger partial charge in [0.25, 0.3) is 0 Å². The number of unbranched alkanes of at least 4 members (excludes halogenated alkanes) is 24. The first-order chi connectivity index (χ1) is 27.2. The zero-order chi connectivity index (χ0) is 41.1. The summed E-state index contributed by atoms with van der Waals surface area (Å²) in [6.07, 6.45) is 47.1. The van der Waals surface area contributed by atoms with Crippen LogP contribution < -0.4 is 0 Å². The molecule has 0 aliphatic heterocycles. The van der Waals surface area contributed by atoms with Gasteiger partial charge in [-0.2, -0.15) is 0 Å². The Balaban J connectivity index is 4.23. The molecular weight excluding hydrogens is 693 g/mol. The predicted molar refractivity (Wildman–Crippen MR) is 246 cm³/mol. The maximum absolute atomic E-state index is 6.51. The molecule has 6 heteroatoms. The second kappa shape index (κ2) is 42.4. The first-order valence-electron chi connectivity index (χ1n) is 24.5. The number of hydrogen-bond donors (Lipinski definition) is 0. The fraction of sp³-hybridized carbons (Fsp3) is 0.920. The average Bonchev–Trinajstić information content (AvgIpc) is 3.15. The van der Waals surface area contributed by atoms with Gasteiger partial charge in [-0.1, -0.05) is 154 Å². The third-order valence-electron chi connectivity index (χ3n) is 10.9. The summed E-state index contributed by atoms with van der Waals surface area (Å²) in [6.45, 7) is 12.7. The zero-order valence-electron chi connectivity index (χ0n) is 39.3. The Hall–Kier alpha value is -0.760. The Morgan fingerprint density at radius 3 is 1.18 bits per heavy atom. The summed E-state index contributed by atoms with van der Waals surface area (Å²) in [5, 5.41) is 0. The fourth-order valence-corrected chi connectivity index (χ4v) is 7.03. The van der Waals surface area contributed by atoms with Crippen molar-refractivity contribution in [2.24, 2.45) is 0 Å². The molecule has 0 aromatic rings. The number of quaternary nitrogens is 2. The van der Waals surface area contributed by atoms with Crippen LogP contribution in [0.25, 0.3) is 0 Å². The Bertz CT molecular complexity index is 824. The lowest BCUT2D eigenvalue weighted by Gasteiger charge is -2.33. The van der Waals surface area contributed by atoms with Gasteiger partial charge in [-0.05, 0) is 64.2 Å². The molecule has 0 aromatic heterocycles. The minimum Gasteiger partial charge on any atom is -0.379 e. The lowest BCUT2D eigenvalue weighted by atomic mass is 10.1. The molecule has 0 spiro atoms. The third kappa shape index (κ3) is 45.9. The first-order valence-corrected chi connectivity index (χ1v) is 24.5. The Morgan fingerprint density at radius 1 is 0.375 bits per heavy atom. The van der Waals surface area contributed by atoms with Crippen molar-refractivity contribution in [3.05, 3.63) is 24.3 Å². The molecule has 334 valence electrons. The molecular formula is C50H102N2O4+2. The largest absolute Gasteiger partial charge is 0.379 e. The maximum Gasteiger partial charge on any atom is 0.130 e. The van der Waals surface area contributed by atoms with E-state index in [9.17, 15) is 0 Å². The molecule has 56 heavy (non-hydrogen) atoms. The van der Waals surface area contributed by atoms with E-state index in [0.717, 1.165) is 67.9 Å². The number of rotatable bonds is 46. The van der Waals surface area contributed by atoms with Gasteiger partial charge < -0.3 is 27.9 Å². The van der Waals surface area contributed by atoms with E-state index in [-0.39, 0.29) is 6.10 Å². The summed E-state index contributed by atoms with van der Waals surface area (Å²) >= 11 is 0.